The van der Waals surface area contributed by atoms with Gasteiger partial charge in [-0.15, -0.1) is 11.8 Å². The van der Waals surface area contributed by atoms with Gasteiger partial charge in [-0.3, -0.25) is 9.59 Å². The van der Waals surface area contributed by atoms with Crippen LogP contribution in [0.4, 0.5) is 0 Å². The highest BCUT2D eigenvalue weighted by Gasteiger charge is 2.30. The first-order valence-corrected chi connectivity index (χ1v) is 10.1. The molecule has 2 heterocycles. The number of hydrogen-bond donors (Lipinski definition) is 0. The normalized spacial score (nSPS) is 19.0. The van der Waals surface area contributed by atoms with E-state index in [1.54, 1.807) is 0 Å². The molecule has 3 heteroatoms. The van der Waals surface area contributed by atoms with Crippen molar-refractivity contribution >= 4 is 23.3 Å². The van der Waals surface area contributed by atoms with Crippen molar-refractivity contribution in [2.24, 2.45) is 0 Å². The highest BCUT2D eigenvalue weighted by Crippen LogP contribution is 2.31. The molecule has 0 saturated heterocycles. The fraction of sp³-hybridized carbons (Fsp3) is 0.167. The molecule has 5 rings (SSSR count). The molecule has 0 saturated carbocycles. The molecule has 2 unspecified atom stereocenters. The minimum Gasteiger partial charge on any atom is -0.293 e. The van der Waals surface area contributed by atoms with Crippen LogP contribution in [0.2, 0.25) is 0 Å². The monoisotopic (exact) mass is 372 g/mol. The smallest absolute Gasteiger partial charge is 0.176 e. The van der Waals surface area contributed by atoms with Gasteiger partial charge in [0.15, 0.2) is 11.6 Å². The van der Waals surface area contributed by atoms with Crippen LogP contribution in [0.5, 0.6) is 0 Å². The van der Waals surface area contributed by atoms with Crippen LogP contribution in [0.15, 0.2) is 84.9 Å². The van der Waals surface area contributed by atoms with Crippen LogP contribution in [0.1, 0.15) is 31.8 Å². The van der Waals surface area contributed by atoms with Crippen molar-refractivity contribution in [2.75, 3.05) is 0 Å². The van der Waals surface area contributed by atoms with Crippen LogP contribution in [0, 0.1) is 0 Å². The maximum Gasteiger partial charge on any atom is 0.176 e. The molecule has 2 bridgehead atoms. The molecule has 0 amide bonds. The Kier molecular flexibility index (Phi) is 5.21. The molecular weight excluding hydrogens is 352 g/mol. The minimum atomic E-state index is -0.271. The lowest BCUT2D eigenvalue weighted by Gasteiger charge is -2.21. The topological polar surface area (TPSA) is 34.1 Å². The molecule has 0 aromatic heterocycles. The predicted octanol–water partition coefficient (Wildman–Crippen LogP) is 5.02. The number of hydrogen-bond acceptors (Lipinski definition) is 3. The van der Waals surface area contributed by atoms with Crippen molar-refractivity contribution in [3.8, 4) is 0 Å². The third-order valence-corrected chi connectivity index (χ3v) is 6.31. The summed E-state index contributed by atoms with van der Waals surface area (Å²) in [5.41, 5.74) is 3.67. The second kappa shape index (κ2) is 7.93. The largest absolute Gasteiger partial charge is 0.293 e. The summed E-state index contributed by atoms with van der Waals surface area (Å²) >= 11 is 1.51. The van der Waals surface area contributed by atoms with Gasteiger partial charge >= 0.3 is 0 Å². The molecular formula is C24H20O2S. The summed E-state index contributed by atoms with van der Waals surface area (Å²) in [6, 6.07) is 27.1. The van der Waals surface area contributed by atoms with Crippen LogP contribution in [0.25, 0.3) is 0 Å². The highest BCUT2D eigenvalue weighted by atomic mass is 32.2. The number of ketones is 2. The van der Waals surface area contributed by atoms with E-state index in [4.69, 9.17) is 0 Å². The first-order valence-electron chi connectivity index (χ1n) is 9.12. The molecule has 0 radical (unpaired) electrons. The number of Topliss-reactive ketones (excluding diaryl/α,β-unsaturated/α-hetero) is 2. The van der Waals surface area contributed by atoms with E-state index in [2.05, 4.69) is 24.3 Å². The van der Waals surface area contributed by atoms with Crippen LogP contribution in [-0.2, 0) is 12.8 Å². The molecule has 2 aliphatic rings. The van der Waals surface area contributed by atoms with Gasteiger partial charge in [0.2, 0.25) is 0 Å². The second-order valence-electron chi connectivity index (χ2n) is 6.80. The zero-order valence-electron chi connectivity index (χ0n) is 14.9. The molecule has 3 aromatic rings. The molecule has 2 atom stereocenters. The molecule has 134 valence electrons. The number of carbonyl (C=O) groups is 2. The predicted molar refractivity (Wildman–Crippen MR) is 111 cm³/mol. The first kappa shape index (κ1) is 17.7. The Bertz CT molecular complexity index is 855. The molecule has 2 nitrogen and oxygen atoms in total. The summed E-state index contributed by atoms with van der Waals surface area (Å²) in [6.45, 7) is 0. The number of benzene rings is 3. The van der Waals surface area contributed by atoms with Crippen LogP contribution < -0.4 is 0 Å². The summed E-state index contributed by atoms with van der Waals surface area (Å²) in [4.78, 5) is 26.3. The maximum absolute atomic E-state index is 13.2. The van der Waals surface area contributed by atoms with Gasteiger partial charge in [0.1, 0.15) is 0 Å². The SMILES string of the molecule is O=C(c1ccccc1)C1Cc2ccc(cc2)CC(C(=O)c2ccccc2)S1. The third kappa shape index (κ3) is 4.04. The summed E-state index contributed by atoms with van der Waals surface area (Å²) < 4.78 is 0. The van der Waals surface area contributed by atoms with Gasteiger partial charge in [-0.05, 0) is 24.0 Å². The maximum atomic E-state index is 13.2. The average Bonchev–Trinajstić information content (AvgIpc) is 2.88. The van der Waals surface area contributed by atoms with Gasteiger partial charge < -0.3 is 0 Å². The Morgan fingerprint density at radius 1 is 0.593 bits per heavy atom. The van der Waals surface area contributed by atoms with Gasteiger partial charge in [-0.1, -0.05) is 84.9 Å². The summed E-state index contributed by atoms with van der Waals surface area (Å²) in [5, 5.41) is -0.543. The molecule has 0 fully saturated rings. The second-order valence-corrected chi connectivity index (χ2v) is 8.21. The van der Waals surface area contributed by atoms with E-state index in [1.807, 2.05) is 60.7 Å². The summed E-state index contributed by atoms with van der Waals surface area (Å²) in [6.07, 6.45) is 1.27. The lowest BCUT2D eigenvalue weighted by molar-refractivity contribution is 0.0987. The summed E-state index contributed by atoms with van der Waals surface area (Å²) in [5.74, 6) is 0.187. The number of fused-ring (bicyclic) bond motifs is 6. The van der Waals surface area contributed by atoms with Crippen molar-refractivity contribution in [3.05, 3.63) is 107 Å². The van der Waals surface area contributed by atoms with Gasteiger partial charge in [-0.2, -0.15) is 0 Å². The Morgan fingerprint density at radius 2 is 0.963 bits per heavy atom. The van der Waals surface area contributed by atoms with E-state index in [1.165, 1.54) is 11.8 Å². The Morgan fingerprint density at radius 3 is 1.33 bits per heavy atom. The molecule has 0 aliphatic carbocycles. The first-order chi connectivity index (χ1) is 13.2. The van der Waals surface area contributed by atoms with E-state index in [0.717, 1.165) is 11.1 Å². The van der Waals surface area contributed by atoms with Crippen molar-refractivity contribution in [2.45, 2.75) is 23.3 Å². The van der Waals surface area contributed by atoms with E-state index >= 15 is 0 Å². The molecule has 2 aliphatic heterocycles. The molecule has 0 spiro atoms. The van der Waals surface area contributed by atoms with Crippen molar-refractivity contribution in [1.29, 1.82) is 0 Å². The third-order valence-electron chi connectivity index (χ3n) is 4.90. The van der Waals surface area contributed by atoms with Crippen LogP contribution in [-0.4, -0.2) is 22.1 Å². The molecule has 27 heavy (non-hydrogen) atoms. The van der Waals surface area contributed by atoms with Crippen LogP contribution >= 0.6 is 11.8 Å². The summed E-state index contributed by atoms with van der Waals surface area (Å²) in [7, 11) is 0. The fourth-order valence-electron chi connectivity index (χ4n) is 3.42. The zero-order valence-corrected chi connectivity index (χ0v) is 15.7. The number of thioether (sulfide) groups is 1. The average molecular weight is 372 g/mol. The van der Waals surface area contributed by atoms with E-state index < -0.39 is 0 Å². The van der Waals surface area contributed by atoms with Crippen LogP contribution in [0.3, 0.4) is 0 Å². The zero-order chi connectivity index (χ0) is 18.6. The number of carbonyl (C=O) groups excluding carboxylic acids is 2. The number of rotatable bonds is 4. The van der Waals surface area contributed by atoms with Crippen molar-refractivity contribution in [1.82, 2.24) is 0 Å². The Hall–Kier alpha value is -2.65. The Labute approximate surface area is 163 Å². The van der Waals surface area contributed by atoms with Gasteiger partial charge in [0, 0.05) is 11.1 Å². The van der Waals surface area contributed by atoms with E-state index in [-0.39, 0.29) is 22.1 Å². The molecule has 3 aromatic carbocycles. The minimum absolute atomic E-state index is 0.0936. The quantitative estimate of drug-likeness (QED) is 0.603. The van der Waals surface area contributed by atoms with Crippen molar-refractivity contribution in [3.63, 3.8) is 0 Å². The lowest BCUT2D eigenvalue weighted by Crippen LogP contribution is -2.28. The van der Waals surface area contributed by atoms with Gasteiger partial charge in [0.05, 0.1) is 10.5 Å². The van der Waals surface area contributed by atoms with E-state index in [9.17, 15) is 9.59 Å². The lowest BCUT2D eigenvalue weighted by atomic mass is 9.99. The van der Waals surface area contributed by atoms with Crippen molar-refractivity contribution < 1.29 is 9.59 Å². The standard InChI is InChI=1S/C24H20O2S/c25-23(19-7-3-1-4-8-19)21-15-17-11-13-18(14-12-17)16-22(27-21)24(26)20-9-5-2-6-10-20/h1-14,21-22H,15-16H2. The Balaban J connectivity index is 1.67. The fourth-order valence-corrected chi connectivity index (χ4v) is 4.91. The van der Waals surface area contributed by atoms with Gasteiger partial charge in [-0.25, -0.2) is 0 Å². The molecule has 0 N–H and O–H groups in total. The van der Waals surface area contributed by atoms with Gasteiger partial charge in [0.25, 0.3) is 0 Å². The highest BCUT2D eigenvalue weighted by molar-refractivity contribution is 8.02. The van der Waals surface area contributed by atoms with E-state index in [0.29, 0.717) is 24.0 Å².